The number of aliphatic hydroxyl groups excluding tert-OH is 5. The van der Waals surface area contributed by atoms with Crippen LogP contribution in [0.25, 0.3) is 0 Å². The van der Waals surface area contributed by atoms with E-state index in [-0.39, 0.29) is 29.9 Å². The maximum Gasteiger partial charge on any atom is 0.338 e. The molecule has 1 aromatic rings. The summed E-state index contributed by atoms with van der Waals surface area (Å²) in [5.74, 6) is -1.33. The maximum absolute atomic E-state index is 13.7. The topological polar surface area (TPSA) is 200 Å². The van der Waals surface area contributed by atoms with Crippen LogP contribution in [0.4, 0.5) is 0 Å². The highest BCUT2D eigenvalue weighted by atomic mass is 16.7. The van der Waals surface area contributed by atoms with Crippen LogP contribution >= 0.6 is 0 Å². The molecular formula is C38H56O14. The molecule has 15 atom stereocenters. The molecule has 0 bridgehead atoms. The largest absolute Gasteiger partial charge is 0.464 e. The van der Waals surface area contributed by atoms with E-state index in [4.69, 9.17) is 33.2 Å². The zero-order valence-corrected chi connectivity index (χ0v) is 30.2. The minimum Gasteiger partial charge on any atom is -0.464 e. The average molecular weight is 737 g/mol. The van der Waals surface area contributed by atoms with Crippen molar-refractivity contribution < 1.29 is 68.3 Å². The number of hydrogen-bond donors (Lipinski definition) is 5. The van der Waals surface area contributed by atoms with E-state index in [1.54, 1.807) is 44.2 Å². The molecule has 5 aliphatic rings. The van der Waals surface area contributed by atoms with Gasteiger partial charge >= 0.3 is 11.9 Å². The number of benzene rings is 1. The minimum atomic E-state index is -1.53. The van der Waals surface area contributed by atoms with Crippen LogP contribution in [0.5, 0.6) is 0 Å². The van der Waals surface area contributed by atoms with Gasteiger partial charge in [0.1, 0.15) is 36.6 Å². The number of ether oxygens (including phenoxy) is 7. The van der Waals surface area contributed by atoms with Crippen LogP contribution in [0.15, 0.2) is 30.3 Å². The Morgan fingerprint density at radius 1 is 0.808 bits per heavy atom. The molecule has 14 nitrogen and oxygen atoms in total. The highest BCUT2D eigenvalue weighted by Gasteiger charge is 2.68. The first-order valence-corrected chi connectivity index (χ1v) is 19.0. The fourth-order valence-electron chi connectivity index (χ4n) is 8.60. The predicted octanol–water partition coefficient (Wildman–Crippen LogP) is 2.00. The van der Waals surface area contributed by atoms with Crippen molar-refractivity contribution in [2.45, 2.75) is 158 Å². The van der Waals surface area contributed by atoms with E-state index in [1.165, 1.54) is 0 Å². The van der Waals surface area contributed by atoms with Crippen molar-refractivity contribution >= 4 is 11.9 Å². The molecule has 3 aliphatic carbocycles. The molecule has 5 fully saturated rings. The molecule has 292 valence electrons. The predicted molar refractivity (Wildman–Crippen MR) is 181 cm³/mol. The lowest BCUT2D eigenvalue weighted by molar-refractivity contribution is -0.349. The van der Waals surface area contributed by atoms with E-state index in [9.17, 15) is 35.1 Å². The lowest BCUT2D eigenvalue weighted by atomic mass is 9.84. The molecule has 0 amide bonds. The molecule has 0 aromatic heterocycles. The third kappa shape index (κ3) is 8.21. The summed E-state index contributed by atoms with van der Waals surface area (Å²) in [6, 6.07) is 8.29. The smallest absolute Gasteiger partial charge is 0.338 e. The second-order valence-corrected chi connectivity index (χ2v) is 15.2. The monoisotopic (exact) mass is 736 g/mol. The summed E-state index contributed by atoms with van der Waals surface area (Å²) in [6.07, 6.45) is -7.33. The SMILES string of the molecule is CCOC(=O)C1(OC2C(O)C(CO)OC(OC3CCCC(C)C3OC3OC(C)C(O)C(O)C3O)C2OC(=O)c2ccccc2)CC1C1CCCCC1. The van der Waals surface area contributed by atoms with Gasteiger partial charge in [-0.3, -0.25) is 0 Å². The van der Waals surface area contributed by atoms with Crippen molar-refractivity contribution in [3.05, 3.63) is 35.9 Å². The normalized spacial score (nSPS) is 42.7. The van der Waals surface area contributed by atoms with Gasteiger partial charge in [0.05, 0.1) is 37.1 Å². The van der Waals surface area contributed by atoms with Gasteiger partial charge in [0.25, 0.3) is 0 Å². The molecule has 0 spiro atoms. The van der Waals surface area contributed by atoms with Crippen LogP contribution < -0.4 is 0 Å². The molecule has 6 rings (SSSR count). The summed E-state index contributed by atoms with van der Waals surface area (Å²) in [4.78, 5) is 27.4. The number of hydrogen-bond acceptors (Lipinski definition) is 14. The highest BCUT2D eigenvalue weighted by molar-refractivity contribution is 5.89. The van der Waals surface area contributed by atoms with Crippen molar-refractivity contribution in [1.29, 1.82) is 0 Å². The standard InChI is InChI=1S/C38H56O14/c1-4-46-37(45)38(18-24(38)22-13-7-5-8-14-22)52-32-28(41)26(19-39)49-36(33(32)50-34(44)23-15-9-6-10-16-23)48-25-17-11-12-20(2)31(25)51-35-30(43)29(42)27(40)21(3)47-35/h6,9-10,15-16,20-22,24-33,35-36,39-43H,4-5,7-8,11-14,17-19H2,1-3H3. The molecule has 2 heterocycles. The number of aliphatic hydroxyl groups is 5. The molecule has 15 unspecified atom stereocenters. The fraction of sp³-hybridized carbons (Fsp3) is 0.789. The first-order chi connectivity index (χ1) is 25.0. The van der Waals surface area contributed by atoms with Gasteiger partial charge in [-0.25, -0.2) is 9.59 Å². The van der Waals surface area contributed by atoms with Gasteiger partial charge in [-0.2, -0.15) is 0 Å². The molecule has 5 N–H and O–H groups in total. The number of carbonyl (C=O) groups is 2. The first-order valence-electron chi connectivity index (χ1n) is 19.0. The van der Waals surface area contributed by atoms with E-state index in [0.29, 0.717) is 12.8 Å². The molecule has 2 aliphatic heterocycles. The van der Waals surface area contributed by atoms with Crippen molar-refractivity contribution in [3.8, 4) is 0 Å². The van der Waals surface area contributed by atoms with Crippen molar-refractivity contribution in [2.24, 2.45) is 17.8 Å². The Morgan fingerprint density at radius 2 is 1.54 bits per heavy atom. The van der Waals surface area contributed by atoms with Crippen LogP contribution in [0.1, 0.15) is 88.9 Å². The Balaban J connectivity index is 1.31. The van der Waals surface area contributed by atoms with Crippen molar-refractivity contribution in [1.82, 2.24) is 0 Å². The maximum atomic E-state index is 13.7. The lowest BCUT2D eigenvalue weighted by Crippen LogP contribution is -2.64. The van der Waals surface area contributed by atoms with Crippen LogP contribution in [0.3, 0.4) is 0 Å². The quantitative estimate of drug-likeness (QED) is 0.195. The molecular weight excluding hydrogens is 680 g/mol. The van der Waals surface area contributed by atoms with Gasteiger partial charge in [0.2, 0.25) is 0 Å². The molecule has 2 saturated heterocycles. The Hall–Kier alpha value is -2.24. The van der Waals surface area contributed by atoms with E-state index >= 15 is 0 Å². The Bertz CT molecular complexity index is 1330. The zero-order valence-electron chi connectivity index (χ0n) is 30.2. The van der Waals surface area contributed by atoms with Crippen molar-refractivity contribution in [2.75, 3.05) is 13.2 Å². The van der Waals surface area contributed by atoms with Crippen LogP contribution in [0.2, 0.25) is 0 Å². The summed E-state index contributed by atoms with van der Waals surface area (Å²) < 4.78 is 43.1. The summed E-state index contributed by atoms with van der Waals surface area (Å²) in [5.41, 5.74) is -1.15. The second kappa shape index (κ2) is 17.1. The first kappa shape index (κ1) is 39.5. The number of carbonyl (C=O) groups excluding carboxylic acids is 2. The molecule has 14 heteroatoms. The van der Waals surface area contributed by atoms with Crippen LogP contribution in [0, 0.1) is 17.8 Å². The Labute approximate surface area is 304 Å². The van der Waals surface area contributed by atoms with Crippen LogP contribution in [-0.2, 0) is 38.0 Å². The fourth-order valence-corrected chi connectivity index (χ4v) is 8.60. The molecule has 52 heavy (non-hydrogen) atoms. The third-order valence-corrected chi connectivity index (χ3v) is 11.7. The summed E-state index contributed by atoms with van der Waals surface area (Å²) in [7, 11) is 0. The summed E-state index contributed by atoms with van der Waals surface area (Å²) >= 11 is 0. The van der Waals surface area contributed by atoms with Gasteiger partial charge in [0.15, 0.2) is 24.3 Å². The number of rotatable bonds is 12. The van der Waals surface area contributed by atoms with Crippen LogP contribution in [-0.4, -0.2) is 130 Å². The van der Waals surface area contributed by atoms with Gasteiger partial charge in [-0.05, 0) is 57.1 Å². The highest BCUT2D eigenvalue weighted by Crippen LogP contribution is 2.57. The Kier molecular flexibility index (Phi) is 12.9. The van der Waals surface area contributed by atoms with Gasteiger partial charge in [-0.15, -0.1) is 0 Å². The average Bonchev–Trinajstić information content (AvgIpc) is 3.89. The van der Waals surface area contributed by atoms with E-state index in [2.05, 4.69) is 0 Å². The van der Waals surface area contributed by atoms with E-state index in [1.807, 2.05) is 6.92 Å². The molecule has 0 radical (unpaired) electrons. The van der Waals surface area contributed by atoms with E-state index in [0.717, 1.165) is 44.9 Å². The minimum absolute atomic E-state index is 0.121. The summed E-state index contributed by atoms with van der Waals surface area (Å²) in [5, 5.41) is 53.5. The summed E-state index contributed by atoms with van der Waals surface area (Å²) in [6.45, 7) is 4.74. The molecule has 1 aromatic carbocycles. The molecule has 3 saturated carbocycles. The lowest BCUT2D eigenvalue weighted by Gasteiger charge is -2.47. The van der Waals surface area contributed by atoms with Gasteiger partial charge < -0.3 is 58.7 Å². The van der Waals surface area contributed by atoms with Gasteiger partial charge in [-0.1, -0.05) is 63.6 Å². The van der Waals surface area contributed by atoms with Gasteiger partial charge in [0, 0.05) is 5.92 Å². The van der Waals surface area contributed by atoms with E-state index < -0.39 is 97.8 Å². The zero-order chi connectivity index (χ0) is 37.2. The Morgan fingerprint density at radius 3 is 2.23 bits per heavy atom. The van der Waals surface area contributed by atoms with Crippen molar-refractivity contribution in [3.63, 3.8) is 0 Å². The third-order valence-electron chi connectivity index (χ3n) is 11.7. The second-order valence-electron chi connectivity index (χ2n) is 15.2. The number of esters is 2.